The average molecular weight is 156 g/mol. The SMILES string of the molecule is CC(O)(CO)S(=O)(=O)O. The van der Waals surface area contributed by atoms with Crippen molar-refractivity contribution in [3.8, 4) is 0 Å². The molecule has 0 radical (unpaired) electrons. The number of aliphatic hydroxyl groups is 2. The Morgan fingerprint density at radius 1 is 1.56 bits per heavy atom. The fraction of sp³-hybridized carbons (Fsp3) is 1.00. The second kappa shape index (κ2) is 2.22. The van der Waals surface area contributed by atoms with E-state index in [1.807, 2.05) is 0 Å². The molecule has 0 bridgehead atoms. The summed E-state index contributed by atoms with van der Waals surface area (Å²) in [6.45, 7) is -0.228. The van der Waals surface area contributed by atoms with E-state index >= 15 is 0 Å². The number of rotatable bonds is 2. The maximum absolute atomic E-state index is 10.0. The van der Waals surface area contributed by atoms with Gasteiger partial charge in [0.15, 0.2) is 0 Å². The molecule has 0 spiro atoms. The van der Waals surface area contributed by atoms with Crippen LogP contribution in [0.15, 0.2) is 0 Å². The molecule has 0 heterocycles. The molecule has 0 aromatic carbocycles. The van der Waals surface area contributed by atoms with Gasteiger partial charge in [-0.1, -0.05) is 0 Å². The third-order valence-electron chi connectivity index (χ3n) is 0.849. The summed E-state index contributed by atoms with van der Waals surface area (Å²) in [5, 5.41) is 16.7. The molecular formula is C3H8O5S. The van der Waals surface area contributed by atoms with E-state index in [1.54, 1.807) is 0 Å². The van der Waals surface area contributed by atoms with E-state index in [9.17, 15) is 8.42 Å². The third-order valence-corrected chi connectivity index (χ3v) is 2.09. The number of hydrogen-bond donors (Lipinski definition) is 3. The lowest BCUT2D eigenvalue weighted by atomic mass is 10.4. The zero-order valence-electron chi connectivity index (χ0n) is 4.77. The summed E-state index contributed by atoms with van der Waals surface area (Å²) in [6, 6.07) is 0. The molecule has 5 nitrogen and oxygen atoms in total. The minimum atomic E-state index is -4.55. The molecule has 0 aromatic heterocycles. The molecule has 0 amide bonds. The highest BCUT2D eigenvalue weighted by Crippen LogP contribution is 2.08. The molecule has 0 rings (SSSR count). The standard InChI is InChI=1S/C3H8O5S/c1-3(5,2-4)9(6,7)8/h4-5H,2H2,1H3,(H,6,7,8). The van der Waals surface area contributed by atoms with E-state index in [-0.39, 0.29) is 0 Å². The predicted molar refractivity (Wildman–Crippen MR) is 29.3 cm³/mol. The first kappa shape index (κ1) is 8.83. The van der Waals surface area contributed by atoms with Crippen molar-refractivity contribution in [3.05, 3.63) is 0 Å². The first-order valence-electron chi connectivity index (χ1n) is 2.11. The average Bonchev–Trinajstić information content (AvgIpc) is 1.64. The fourth-order valence-corrected chi connectivity index (χ4v) is 0.245. The highest BCUT2D eigenvalue weighted by Gasteiger charge is 2.34. The number of aliphatic hydroxyl groups excluding tert-OH is 1. The van der Waals surface area contributed by atoms with Gasteiger partial charge in [0.2, 0.25) is 4.93 Å². The van der Waals surface area contributed by atoms with Crippen LogP contribution in [0.4, 0.5) is 0 Å². The topological polar surface area (TPSA) is 94.8 Å². The van der Waals surface area contributed by atoms with Crippen LogP contribution in [0, 0.1) is 0 Å². The minimum absolute atomic E-state index is 0.794. The van der Waals surface area contributed by atoms with Gasteiger partial charge in [-0.25, -0.2) is 0 Å². The highest BCUT2D eigenvalue weighted by atomic mass is 32.2. The molecule has 0 fully saturated rings. The molecule has 1 atom stereocenters. The van der Waals surface area contributed by atoms with Crippen LogP contribution in [0.5, 0.6) is 0 Å². The van der Waals surface area contributed by atoms with Crippen molar-refractivity contribution in [2.24, 2.45) is 0 Å². The first-order chi connectivity index (χ1) is 3.81. The Bertz CT molecular complexity index is 178. The van der Waals surface area contributed by atoms with Gasteiger partial charge < -0.3 is 10.2 Å². The Hall–Kier alpha value is -0.170. The molecule has 0 saturated heterocycles. The van der Waals surface area contributed by atoms with Crippen LogP contribution in [-0.2, 0) is 10.1 Å². The molecule has 0 aliphatic rings. The summed E-state index contributed by atoms with van der Waals surface area (Å²) >= 11 is 0. The molecule has 56 valence electrons. The van der Waals surface area contributed by atoms with Crippen molar-refractivity contribution in [1.29, 1.82) is 0 Å². The van der Waals surface area contributed by atoms with Crippen molar-refractivity contribution in [2.75, 3.05) is 6.61 Å². The van der Waals surface area contributed by atoms with Gasteiger partial charge in [-0.05, 0) is 6.92 Å². The van der Waals surface area contributed by atoms with E-state index in [0.29, 0.717) is 0 Å². The maximum atomic E-state index is 10.0. The summed E-state index contributed by atoms with van der Waals surface area (Å²) in [6.07, 6.45) is 0. The zero-order chi connectivity index (χ0) is 7.71. The van der Waals surface area contributed by atoms with E-state index in [1.165, 1.54) is 0 Å². The normalized spacial score (nSPS) is 19.1. The van der Waals surface area contributed by atoms with E-state index < -0.39 is 21.7 Å². The van der Waals surface area contributed by atoms with E-state index in [4.69, 9.17) is 14.8 Å². The van der Waals surface area contributed by atoms with Gasteiger partial charge in [0, 0.05) is 0 Å². The van der Waals surface area contributed by atoms with Gasteiger partial charge in [-0.3, -0.25) is 4.55 Å². The van der Waals surface area contributed by atoms with Gasteiger partial charge in [0.05, 0.1) is 6.61 Å². The first-order valence-corrected chi connectivity index (χ1v) is 3.55. The summed E-state index contributed by atoms with van der Waals surface area (Å²) in [4.78, 5) is -2.44. The monoisotopic (exact) mass is 156 g/mol. The molecule has 0 saturated carbocycles. The molecule has 0 aromatic rings. The summed E-state index contributed by atoms with van der Waals surface area (Å²) in [5.74, 6) is 0. The Labute approximate surface area is 52.7 Å². The molecular weight excluding hydrogens is 148 g/mol. The van der Waals surface area contributed by atoms with Crippen molar-refractivity contribution < 1.29 is 23.2 Å². The minimum Gasteiger partial charge on any atom is -0.392 e. The Morgan fingerprint density at radius 3 is 1.89 bits per heavy atom. The maximum Gasteiger partial charge on any atom is 0.297 e. The van der Waals surface area contributed by atoms with E-state index in [0.717, 1.165) is 6.92 Å². The largest absolute Gasteiger partial charge is 0.392 e. The van der Waals surface area contributed by atoms with Crippen LogP contribution in [0.1, 0.15) is 6.92 Å². The summed E-state index contributed by atoms with van der Waals surface area (Å²) < 4.78 is 28.2. The molecule has 1 unspecified atom stereocenters. The molecule has 0 aliphatic carbocycles. The zero-order valence-corrected chi connectivity index (χ0v) is 5.59. The number of hydrogen-bond acceptors (Lipinski definition) is 4. The van der Waals surface area contributed by atoms with Crippen molar-refractivity contribution in [1.82, 2.24) is 0 Å². The van der Waals surface area contributed by atoms with Crippen molar-refractivity contribution >= 4 is 10.1 Å². The fourth-order valence-electron chi connectivity index (χ4n) is 0.0816. The second-order valence-corrected chi connectivity index (χ2v) is 3.64. The molecule has 6 heteroatoms. The van der Waals surface area contributed by atoms with Gasteiger partial charge >= 0.3 is 0 Å². The quantitative estimate of drug-likeness (QED) is 0.426. The van der Waals surface area contributed by atoms with Gasteiger partial charge in [-0.15, -0.1) is 0 Å². The van der Waals surface area contributed by atoms with Crippen molar-refractivity contribution in [2.45, 2.75) is 11.9 Å². The Kier molecular flexibility index (Phi) is 2.18. The third kappa shape index (κ3) is 1.90. The van der Waals surface area contributed by atoms with Crippen LogP contribution in [0.3, 0.4) is 0 Å². The summed E-state index contributed by atoms with van der Waals surface area (Å²) in [7, 11) is -4.55. The lowest BCUT2D eigenvalue weighted by molar-refractivity contribution is 0.0633. The Morgan fingerprint density at radius 2 is 1.89 bits per heavy atom. The lowest BCUT2D eigenvalue weighted by Gasteiger charge is -2.14. The smallest absolute Gasteiger partial charge is 0.297 e. The van der Waals surface area contributed by atoms with Crippen LogP contribution in [0.2, 0.25) is 0 Å². The molecule has 9 heavy (non-hydrogen) atoms. The summed E-state index contributed by atoms with van der Waals surface area (Å²) in [5.41, 5.74) is 0. The Balaban J connectivity index is 4.56. The van der Waals surface area contributed by atoms with Crippen molar-refractivity contribution in [3.63, 3.8) is 0 Å². The second-order valence-electron chi connectivity index (χ2n) is 1.81. The van der Waals surface area contributed by atoms with Crippen LogP contribution < -0.4 is 0 Å². The van der Waals surface area contributed by atoms with Crippen LogP contribution in [0.25, 0.3) is 0 Å². The van der Waals surface area contributed by atoms with Gasteiger partial charge in [0.1, 0.15) is 0 Å². The van der Waals surface area contributed by atoms with Gasteiger partial charge in [0.25, 0.3) is 10.1 Å². The predicted octanol–water partition coefficient (Wildman–Crippen LogP) is -1.42. The van der Waals surface area contributed by atoms with Gasteiger partial charge in [-0.2, -0.15) is 8.42 Å². The molecule has 0 aliphatic heterocycles. The van der Waals surface area contributed by atoms with Crippen LogP contribution >= 0.6 is 0 Å². The van der Waals surface area contributed by atoms with E-state index in [2.05, 4.69) is 0 Å². The highest BCUT2D eigenvalue weighted by molar-refractivity contribution is 7.87. The van der Waals surface area contributed by atoms with Crippen LogP contribution in [-0.4, -0.2) is 34.7 Å². The molecule has 3 N–H and O–H groups in total. The lowest BCUT2D eigenvalue weighted by Crippen LogP contribution is -2.38.